The molecule has 1 aliphatic rings. The van der Waals surface area contributed by atoms with Crippen LogP contribution in [0.1, 0.15) is 18.5 Å². The lowest BCUT2D eigenvalue weighted by Gasteiger charge is -2.16. The van der Waals surface area contributed by atoms with E-state index < -0.39 is 0 Å². The maximum atomic E-state index is 11.7. The SMILES string of the molecule is CCNC(=O)C1=CC(c2cccc(Cl)c2)N=CN1. The molecule has 1 heterocycles. The van der Waals surface area contributed by atoms with Crippen LogP contribution in [0, 0.1) is 0 Å². The molecule has 0 radical (unpaired) electrons. The van der Waals surface area contributed by atoms with Crippen LogP contribution >= 0.6 is 11.6 Å². The molecule has 0 aliphatic carbocycles. The highest BCUT2D eigenvalue weighted by Gasteiger charge is 2.16. The van der Waals surface area contributed by atoms with E-state index in [0.29, 0.717) is 17.3 Å². The summed E-state index contributed by atoms with van der Waals surface area (Å²) in [6.45, 7) is 2.47. The Morgan fingerprint density at radius 2 is 2.39 bits per heavy atom. The number of hydrogen-bond acceptors (Lipinski definition) is 3. The molecule has 0 saturated heterocycles. The standard InChI is InChI=1S/C13H14ClN3O/c1-2-15-13(18)12-7-11(16-8-17-12)9-4-3-5-10(14)6-9/h3-8,11H,2H2,1H3,(H,15,18)(H,16,17). The summed E-state index contributed by atoms with van der Waals surface area (Å²) in [7, 11) is 0. The van der Waals surface area contributed by atoms with Crippen molar-refractivity contribution in [2.24, 2.45) is 4.99 Å². The first-order valence-corrected chi connectivity index (χ1v) is 6.12. The summed E-state index contributed by atoms with van der Waals surface area (Å²) in [6.07, 6.45) is 3.33. The monoisotopic (exact) mass is 263 g/mol. The molecule has 1 aromatic carbocycles. The molecule has 5 heteroatoms. The lowest BCUT2D eigenvalue weighted by Crippen LogP contribution is -2.33. The highest BCUT2D eigenvalue weighted by atomic mass is 35.5. The molecule has 94 valence electrons. The Labute approximate surface area is 111 Å². The molecule has 1 amide bonds. The third-order valence-electron chi connectivity index (χ3n) is 2.55. The van der Waals surface area contributed by atoms with Gasteiger partial charge in [-0.05, 0) is 30.7 Å². The molecule has 0 fully saturated rings. The summed E-state index contributed by atoms with van der Waals surface area (Å²) in [5, 5.41) is 6.24. The highest BCUT2D eigenvalue weighted by molar-refractivity contribution is 6.30. The lowest BCUT2D eigenvalue weighted by atomic mass is 10.1. The fourth-order valence-corrected chi connectivity index (χ4v) is 1.90. The van der Waals surface area contributed by atoms with Crippen molar-refractivity contribution in [2.45, 2.75) is 13.0 Å². The van der Waals surface area contributed by atoms with Gasteiger partial charge in [0.2, 0.25) is 0 Å². The maximum Gasteiger partial charge on any atom is 0.267 e. The molecular formula is C13H14ClN3O. The van der Waals surface area contributed by atoms with Crippen molar-refractivity contribution in [3.05, 3.63) is 46.6 Å². The van der Waals surface area contributed by atoms with Crippen molar-refractivity contribution in [3.8, 4) is 0 Å². The second-order valence-electron chi connectivity index (χ2n) is 3.86. The van der Waals surface area contributed by atoms with E-state index in [2.05, 4.69) is 15.6 Å². The number of nitrogens with zero attached hydrogens (tertiary/aromatic N) is 1. The van der Waals surface area contributed by atoms with Crippen molar-refractivity contribution in [2.75, 3.05) is 6.54 Å². The Bertz CT molecular complexity index is 511. The molecule has 18 heavy (non-hydrogen) atoms. The molecule has 4 nitrogen and oxygen atoms in total. The van der Waals surface area contributed by atoms with Crippen molar-refractivity contribution in [1.82, 2.24) is 10.6 Å². The van der Waals surface area contributed by atoms with Gasteiger partial charge in [0.05, 0.1) is 12.4 Å². The fourth-order valence-electron chi connectivity index (χ4n) is 1.71. The van der Waals surface area contributed by atoms with Gasteiger partial charge in [-0.15, -0.1) is 0 Å². The number of halogens is 1. The quantitative estimate of drug-likeness (QED) is 0.877. The third-order valence-corrected chi connectivity index (χ3v) is 2.79. The smallest absolute Gasteiger partial charge is 0.267 e. The predicted molar refractivity (Wildman–Crippen MR) is 72.6 cm³/mol. The van der Waals surface area contributed by atoms with Gasteiger partial charge in [0.25, 0.3) is 5.91 Å². The van der Waals surface area contributed by atoms with Gasteiger partial charge in [0.15, 0.2) is 0 Å². The van der Waals surface area contributed by atoms with Gasteiger partial charge in [0, 0.05) is 11.6 Å². The zero-order chi connectivity index (χ0) is 13.0. The van der Waals surface area contributed by atoms with E-state index in [4.69, 9.17) is 11.6 Å². The first kappa shape index (κ1) is 12.6. The average Bonchev–Trinajstić information content (AvgIpc) is 2.39. The number of carbonyl (C=O) groups is 1. The number of aliphatic imine (C=N–C) groups is 1. The topological polar surface area (TPSA) is 53.5 Å². The van der Waals surface area contributed by atoms with Crippen molar-refractivity contribution >= 4 is 23.8 Å². The van der Waals surface area contributed by atoms with Gasteiger partial charge in [-0.25, -0.2) is 0 Å². The Morgan fingerprint density at radius 3 is 3.11 bits per heavy atom. The van der Waals surface area contributed by atoms with Gasteiger partial charge < -0.3 is 10.6 Å². The van der Waals surface area contributed by atoms with Crippen LogP contribution in [-0.2, 0) is 4.79 Å². The summed E-state index contributed by atoms with van der Waals surface area (Å²) in [4.78, 5) is 16.0. The molecule has 0 saturated carbocycles. The van der Waals surface area contributed by atoms with Crippen LogP contribution < -0.4 is 10.6 Å². The molecule has 0 bridgehead atoms. The summed E-state index contributed by atoms with van der Waals surface area (Å²) in [5.74, 6) is -0.129. The molecule has 1 unspecified atom stereocenters. The van der Waals surface area contributed by atoms with Gasteiger partial charge in [0.1, 0.15) is 5.70 Å². The number of hydrogen-bond donors (Lipinski definition) is 2. The fraction of sp³-hybridized carbons (Fsp3) is 0.231. The van der Waals surface area contributed by atoms with E-state index in [0.717, 1.165) is 5.56 Å². The van der Waals surface area contributed by atoms with E-state index >= 15 is 0 Å². The number of benzene rings is 1. The summed E-state index contributed by atoms with van der Waals surface area (Å²) in [6, 6.07) is 7.28. The zero-order valence-corrected chi connectivity index (χ0v) is 10.7. The van der Waals surface area contributed by atoms with Crippen LogP contribution in [0.2, 0.25) is 5.02 Å². The molecule has 2 N–H and O–H groups in total. The predicted octanol–water partition coefficient (Wildman–Crippen LogP) is 2.03. The number of amides is 1. The van der Waals surface area contributed by atoms with Gasteiger partial charge in [-0.1, -0.05) is 23.7 Å². The molecular weight excluding hydrogens is 250 g/mol. The Morgan fingerprint density at radius 1 is 1.56 bits per heavy atom. The van der Waals surface area contributed by atoms with Crippen LogP contribution in [0.25, 0.3) is 0 Å². The maximum absolute atomic E-state index is 11.7. The van der Waals surface area contributed by atoms with E-state index in [9.17, 15) is 4.79 Å². The first-order chi connectivity index (χ1) is 8.70. The van der Waals surface area contributed by atoms with Crippen LogP contribution in [0.15, 0.2) is 41.0 Å². The molecule has 0 spiro atoms. The first-order valence-electron chi connectivity index (χ1n) is 5.74. The van der Waals surface area contributed by atoms with E-state index in [1.54, 1.807) is 6.08 Å². The minimum atomic E-state index is -0.178. The minimum Gasteiger partial charge on any atom is -0.351 e. The minimum absolute atomic E-state index is 0.129. The van der Waals surface area contributed by atoms with Crippen LogP contribution in [0.3, 0.4) is 0 Å². The van der Waals surface area contributed by atoms with Crippen LogP contribution in [0.5, 0.6) is 0 Å². The highest BCUT2D eigenvalue weighted by Crippen LogP contribution is 2.24. The molecule has 1 atom stereocenters. The van der Waals surface area contributed by atoms with Crippen LogP contribution in [0.4, 0.5) is 0 Å². The van der Waals surface area contributed by atoms with E-state index in [1.807, 2.05) is 31.2 Å². The third kappa shape index (κ3) is 2.90. The van der Waals surface area contributed by atoms with E-state index in [-0.39, 0.29) is 11.9 Å². The summed E-state index contributed by atoms with van der Waals surface area (Å²) < 4.78 is 0. The van der Waals surface area contributed by atoms with Crippen molar-refractivity contribution < 1.29 is 4.79 Å². The Balaban J connectivity index is 2.21. The number of rotatable bonds is 3. The largest absolute Gasteiger partial charge is 0.351 e. The van der Waals surface area contributed by atoms with Gasteiger partial charge >= 0.3 is 0 Å². The second kappa shape index (κ2) is 5.69. The zero-order valence-electron chi connectivity index (χ0n) is 9.98. The Kier molecular flexibility index (Phi) is 3.99. The van der Waals surface area contributed by atoms with Gasteiger partial charge in [-0.3, -0.25) is 9.79 Å². The number of nitrogens with one attached hydrogen (secondary N) is 2. The van der Waals surface area contributed by atoms with Crippen molar-refractivity contribution in [1.29, 1.82) is 0 Å². The lowest BCUT2D eigenvalue weighted by molar-refractivity contribution is -0.117. The second-order valence-corrected chi connectivity index (χ2v) is 4.30. The Hall–Kier alpha value is -1.81. The number of carbonyl (C=O) groups excluding carboxylic acids is 1. The van der Waals surface area contributed by atoms with Crippen molar-refractivity contribution in [3.63, 3.8) is 0 Å². The summed E-state index contributed by atoms with van der Waals surface area (Å²) in [5.41, 5.74) is 1.47. The molecule has 1 aliphatic heterocycles. The van der Waals surface area contributed by atoms with E-state index in [1.165, 1.54) is 6.34 Å². The number of likely N-dealkylation sites (N-methyl/N-ethyl adjacent to an activating group) is 1. The average molecular weight is 264 g/mol. The van der Waals surface area contributed by atoms with Gasteiger partial charge in [-0.2, -0.15) is 0 Å². The summed E-state index contributed by atoms with van der Waals surface area (Å²) >= 11 is 5.95. The normalized spacial score (nSPS) is 17.9. The van der Waals surface area contributed by atoms with Crippen LogP contribution in [-0.4, -0.2) is 18.8 Å². The molecule has 1 aromatic rings. The molecule has 0 aromatic heterocycles. The molecule has 2 rings (SSSR count).